The van der Waals surface area contributed by atoms with E-state index in [0.29, 0.717) is 5.56 Å². The van der Waals surface area contributed by atoms with Gasteiger partial charge in [0.05, 0.1) is 7.11 Å². The summed E-state index contributed by atoms with van der Waals surface area (Å²) in [5.74, 6) is -1.11. The molecule has 1 nitrogen and oxygen atoms in total. The predicted octanol–water partition coefficient (Wildman–Crippen LogP) is 3.27. The van der Waals surface area contributed by atoms with Crippen LogP contribution in [0.25, 0.3) is 0 Å². The zero-order valence-electron chi connectivity index (χ0n) is 8.82. The fourth-order valence-corrected chi connectivity index (χ4v) is 1.32. The molecule has 0 aliphatic heterocycles. The first kappa shape index (κ1) is 11.0. The van der Waals surface area contributed by atoms with Crippen molar-refractivity contribution >= 4 is 0 Å². The lowest BCUT2D eigenvalue weighted by Crippen LogP contribution is -2.14. The highest BCUT2D eigenvalue weighted by Gasteiger charge is 2.22. The summed E-state index contributed by atoms with van der Waals surface area (Å²) in [6, 6.07) is 2.13. The van der Waals surface area contributed by atoms with Crippen molar-refractivity contribution in [3.8, 4) is 5.75 Å². The van der Waals surface area contributed by atoms with Crippen LogP contribution in [-0.2, 0) is 5.41 Å². The van der Waals surface area contributed by atoms with Crippen molar-refractivity contribution in [2.45, 2.75) is 26.2 Å². The van der Waals surface area contributed by atoms with Crippen molar-refractivity contribution in [2.75, 3.05) is 7.11 Å². The molecule has 0 heterocycles. The lowest BCUT2D eigenvalue weighted by Gasteiger charge is -2.22. The van der Waals surface area contributed by atoms with E-state index in [4.69, 9.17) is 4.74 Å². The Labute approximate surface area is 82.7 Å². The van der Waals surface area contributed by atoms with Crippen LogP contribution >= 0.6 is 0 Å². The molecule has 0 fully saturated rings. The lowest BCUT2D eigenvalue weighted by atomic mass is 9.86. The summed E-state index contributed by atoms with van der Waals surface area (Å²) in [7, 11) is 1.38. The van der Waals surface area contributed by atoms with Crippen LogP contribution in [0.1, 0.15) is 26.3 Å². The van der Waals surface area contributed by atoms with E-state index in [1.807, 2.05) is 20.8 Å². The summed E-state index contributed by atoms with van der Waals surface area (Å²) in [5, 5.41) is 0. The summed E-state index contributed by atoms with van der Waals surface area (Å²) >= 11 is 0. The van der Waals surface area contributed by atoms with Crippen LogP contribution < -0.4 is 4.74 Å². The fourth-order valence-electron chi connectivity index (χ4n) is 1.32. The lowest BCUT2D eigenvalue weighted by molar-refractivity contribution is 0.367. The van der Waals surface area contributed by atoms with Gasteiger partial charge >= 0.3 is 0 Å². The third-order valence-corrected chi connectivity index (χ3v) is 2.02. The minimum Gasteiger partial charge on any atom is -0.493 e. The molecule has 0 bridgehead atoms. The van der Waals surface area contributed by atoms with E-state index in [-0.39, 0.29) is 11.2 Å². The SMILES string of the molecule is COc1c(F)cc(F)cc1C(C)(C)C. The zero-order chi connectivity index (χ0) is 10.9. The van der Waals surface area contributed by atoms with Crippen LogP contribution in [0.2, 0.25) is 0 Å². The van der Waals surface area contributed by atoms with Crippen molar-refractivity contribution in [2.24, 2.45) is 0 Å². The summed E-state index contributed by atoms with van der Waals surface area (Å²) in [6.45, 7) is 5.64. The van der Waals surface area contributed by atoms with Gasteiger partial charge in [0.2, 0.25) is 0 Å². The molecule has 78 valence electrons. The first-order valence-electron chi connectivity index (χ1n) is 4.40. The van der Waals surface area contributed by atoms with Gasteiger partial charge in [0.25, 0.3) is 0 Å². The molecule has 0 saturated heterocycles. The van der Waals surface area contributed by atoms with E-state index in [2.05, 4.69) is 0 Å². The number of hydrogen-bond acceptors (Lipinski definition) is 1. The van der Waals surface area contributed by atoms with Crippen molar-refractivity contribution in [1.82, 2.24) is 0 Å². The topological polar surface area (TPSA) is 9.23 Å². The van der Waals surface area contributed by atoms with Gasteiger partial charge in [-0.05, 0) is 11.5 Å². The molecule has 0 aromatic heterocycles. The van der Waals surface area contributed by atoms with E-state index >= 15 is 0 Å². The van der Waals surface area contributed by atoms with E-state index < -0.39 is 11.6 Å². The van der Waals surface area contributed by atoms with E-state index in [1.54, 1.807) is 0 Å². The van der Waals surface area contributed by atoms with Gasteiger partial charge in [0, 0.05) is 11.6 Å². The molecular weight excluding hydrogens is 186 g/mol. The quantitative estimate of drug-likeness (QED) is 0.676. The van der Waals surface area contributed by atoms with Crippen molar-refractivity contribution < 1.29 is 13.5 Å². The minimum absolute atomic E-state index is 0.124. The van der Waals surface area contributed by atoms with Gasteiger partial charge in [0.15, 0.2) is 11.6 Å². The van der Waals surface area contributed by atoms with E-state index in [9.17, 15) is 8.78 Å². The second-order valence-corrected chi connectivity index (χ2v) is 4.22. The molecule has 0 spiro atoms. The molecule has 1 rings (SSSR count). The summed E-state index contributed by atoms with van der Waals surface area (Å²) in [5.41, 5.74) is 0.200. The highest BCUT2D eigenvalue weighted by Crippen LogP contribution is 2.33. The monoisotopic (exact) mass is 200 g/mol. The number of hydrogen-bond donors (Lipinski definition) is 0. The van der Waals surface area contributed by atoms with Crippen molar-refractivity contribution in [3.05, 3.63) is 29.3 Å². The second-order valence-electron chi connectivity index (χ2n) is 4.22. The fraction of sp³-hybridized carbons (Fsp3) is 0.455. The van der Waals surface area contributed by atoms with Gasteiger partial charge in [-0.15, -0.1) is 0 Å². The van der Waals surface area contributed by atoms with Gasteiger partial charge in [-0.3, -0.25) is 0 Å². The molecule has 0 aliphatic carbocycles. The third kappa shape index (κ3) is 2.03. The summed E-state index contributed by atoms with van der Waals surface area (Å²) < 4.78 is 31.2. The Hall–Kier alpha value is -1.12. The Morgan fingerprint density at radius 3 is 2.14 bits per heavy atom. The molecule has 0 aliphatic rings. The number of ether oxygens (including phenoxy) is 1. The van der Waals surface area contributed by atoms with Crippen LogP contribution in [-0.4, -0.2) is 7.11 Å². The first-order chi connectivity index (χ1) is 6.36. The van der Waals surface area contributed by atoms with Crippen LogP contribution in [0.3, 0.4) is 0 Å². The second kappa shape index (κ2) is 3.56. The zero-order valence-corrected chi connectivity index (χ0v) is 8.82. The average Bonchev–Trinajstić information content (AvgIpc) is 2.01. The molecule has 0 radical (unpaired) electrons. The number of methoxy groups -OCH3 is 1. The van der Waals surface area contributed by atoms with Crippen molar-refractivity contribution in [3.63, 3.8) is 0 Å². The molecule has 3 heteroatoms. The normalized spacial score (nSPS) is 11.6. The van der Waals surface area contributed by atoms with Gasteiger partial charge < -0.3 is 4.74 Å². The molecule has 0 unspecified atom stereocenters. The van der Waals surface area contributed by atoms with Gasteiger partial charge in [-0.1, -0.05) is 20.8 Å². The maximum Gasteiger partial charge on any atom is 0.168 e. The standard InChI is InChI=1S/C11H14F2O/c1-11(2,3)8-5-7(12)6-9(13)10(8)14-4/h5-6H,1-4H3. The molecule has 1 aromatic rings. The number of halogens is 2. The van der Waals surface area contributed by atoms with Crippen LogP contribution in [0.15, 0.2) is 12.1 Å². The van der Waals surface area contributed by atoms with Crippen LogP contribution in [0.5, 0.6) is 5.75 Å². The van der Waals surface area contributed by atoms with E-state index in [1.165, 1.54) is 13.2 Å². The first-order valence-corrected chi connectivity index (χ1v) is 4.40. The molecule has 1 aromatic carbocycles. The van der Waals surface area contributed by atoms with Crippen LogP contribution in [0, 0.1) is 11.6 Å². The number of rotatable bonds is 1. The Balaban J connectivity index is 3.40. The number of benzene rings is 1. The molecule has 0 amide bonds. The van der Waals surface area contributed by atoms with Gasteiger partial charge in [-0.25, -0.2) is 8.78 Å². The maximum absolute atomic E-state index is 13.3. The highest BCUT2D eigenvalue weighted by molar-refractivity contribution is 5.40. The van der Waals surface area contributed by atoms with Crippen LogP contribution in [0.4, 0.5) is 8.78 Å². The van der Waals surface area contributed by atoms with Gasteiger partial charge in [-0.2, -0.15) is 0 Å². The smallest absolute Gasteiger partial charge is 0.168 e. The molecule has 14 heavy (non-hydrogen) atoms. The largest absolute Gasteiger partial charge is 0.493 e. The Bertz CT molecular complexity index is 340. The average molecular weight is 200 g/mol. The Morgan fingerprint density at radius 2 is 1.71 bits per heavy atom. The van der Waals surface area contributed by atoms with Crippen molar-refractivity contribution in [1.29, 1.82) is 0 Å². The molecule has 0 saturated carbocycles. The minimum atomic E-state index is -0.655. The predicted molar refractivity (Wildman–Crippen MR) is 51.6 cm³/mol. The van der Waals surface area contributed by atoms with Gasteiger partial charge in [0.1, 0.15) is 5.82 Å². The maximum atomic E-state index is 13.3. The summed E-state index contributed by atoms with van der Waals surface area (Å²) in [4.78, 5) is 0. The molecular formula is C11H14F2O. The molecule has 0 N–H and O–H groups in total. The van der Waals surface area contributed by atoms with E-state index in [0.717, 1.165) is 6.07 Å². The molecule has 0 atom stereocenters. The third-order valence-electron chi connectivity index (χ3n) is 2.02. The highest BCUT2D eigenvalue weighted by atomic mass is 19.1. The summed E-state index contributed by atoms with van der Waals surface area (Å²) in [6.07, 6.45) is 0. The Morgan fingerprint density at radius 1 is 1.14 bits per heavy atom. The Kier molecular flexibility index (Phi) is 2.79.